The molecule has 0 saturated carbocycles. The monoisotopic (exact) mass is 379 g/mol. The van der Waals surface area contributed by atoms with Crippen molar-refractivity contribution < 1.29 is 19.8 Å². The minimum absolute atomic E-state index is 0.0429. The molecule has 0 aromatic heterocycles. The molecule has 1 unspecified atom stereocenters. The standard InChI is InChI=1S/C23H25NO4/c1-22(2)19-13-16-17(5-4-6-18(16)25)23(22,3)11-12-24(19)20(26)14-7-9-15(10-8-14)21(27)28/h4-10,19,25H,11-13H2,1-3H3,(H,27,28)/t19?,23-/m0/s1. The summed E-state index contributed by atoms with van der Waals surface area (Å²) < 4.78 is 0. The lowest BCUT2D eigenvalue weighted by molar-refractivity contribution is -0.0266. The molecule has 5 heteroatoms. The highest BCUT2D eigenvalue weighted by molar-refractivity contribution is 5.96. The Hall–Kier alpha value is -2.82. The van der Waals surface area contributed by atoms with E-state index in [2.05, 4.69) is 26.8 Å². The number of benzene rings is 2. The van der Waals surface area contributed by atoms with E-state index in [4.69, 9.17) is 5.11 Å². The van der Waals surface area contributed by atoms with Gasteiger partial charge in [-0.25, -0.2) is 4.79 Å². The zero-order valence-electron chi connectivity index (χ0n) is 16.4. The molecule has 1 aliphatic heterocycles. The zero-order chi connectivity index (χ0) is 20.3. The third kappa shape index (κ3) is 2.45. The molecule has 2 aliphatic rings. The molecule has 146 valence electrons. The largest absolute Gasteiger partial charge is 0.508 e. The average Bonchev–Trinajstić information content (AvgIpc) is 2.65. The van der Waals surface area contributed by atoms with Crippen molar-refractivity contribution in [3.63, 3.8) is 0 Å². The van der Waals surface area contributed by atoms with Crippen LogP contribution in [0.2, 0.25) is 0 Å². The molecule has 28 heavy (non-hydrogen) atoms. The minimum Gasteiger partial charge on any atom is -0.508 e. The van der Waals surface area contributed by atoms with E-state index in [1.165, 1.54) is 17.7 Å². The van der Waals surface area contributed by atoms with Gasteiger partial charge in [-0.15, -0.1) is 0 Å². The summed E-state index contributed by atoms with van der Waals surface area (Å²) >= 11 is 0. The Morgan fingerprint density at radius 2 is 1.68 bits per heavy atom. The first kappa shape index (κ1) is 18.5. The fourth-order valence-corrected chi connectivity index (χ4v) is 5.09. The maximum Gasteiger partial charge on any atom is 0.335 e. The van der Waals surface area contributed by atoms with Gasteiger partial charge in [0.25, 0.3) is 5.91 Å². The first-order chi connectivity index (χ1) is 13.2. The number of carboxylic acid groups (broad SMARTS) is 1. The van der Waals surface area contributed by atoms with Crippen molar-refractivity contribution in [2.45, 2.75) is 45.1 Å². The van der Waals surface area contributed by atoms with Crippen molar-refractivity contribution in [3.05, 3.63) is 64.7 Å². The summed E-state index contributed by atoms with van der Waals surface area (Å²) in [6.45, 7) is 7.29. The summed E-state index contributed by atoms with van der Waals surface area (Å²) in [6, 6.07) is 11.8. The van der Waals surface area contributed by atoms with E-state index in [9.17, 15) is 14.7 Å². The molecule has 0 spiro atoms. The van der Waals surface area contributed by atoms with Crippen LogP contribution < -0.4 is 0 Å². The van der Waals surface area contributed by atoms with Crippen molar-refractivity contribution in [2.24, 2.45) is 5.41 Å². The van der Waals surface area contributed by atoms with E-state index in [0.29, 0.717) is 24.3 Å². The van der Waals surface area contributed by atoms with Gasteiger partial charge >= 0.3 is 5.97 Å². The predicted octanol–water partition coefficient (Wildman–Crippen LogP) is 3.85. The van der Waals surface area contributed by atoms with Crippen LogP contribution in [0.4, 0.5) is 0 Å². The van der Waals surface area contributed by atoms with Gasteiger partial charge in [0, 0.05) is 23.6 Å². The van der Waals surface area contributed by atoms with Crippen LogP contribution >= 0.6 is 0 Å². The van der Waals surface area contributed by atoms with E-state index in [1.807, 2.05) is 11.0 Å². The summed E-state index contributed by atoms with van der Waals surface area (Å²) in [4.78, 5) is 26.3. The Labute approximate surface area is 164 Å². The Balaban J connectivity index is 1.73. The highest BCUT2D eigenvalue weighted by atomic mass is 16.4. The van der Waals surface area contributed by atoms with Crippen molar-refractivity contribution in [2.75, 3.05) is 6.54 Å². The number of phenols is 1. The van der Waals surface area contributed by atoms with Gasteiger partial charge in [0.2, 0.25) is 0 Å². The van der Waals surface area contributed by atoms with Crippen LogP contribution in [0.25, 0.3) is 0 Å². The van der Waals surface area contributed by atoms with Crippen LogP contribution in [0.3, 0.4) is 0 Å². The Kier molecular flexibility index (Phi) is 4.03. The van der Waals surface area contributed by atoms with E-state index in [0.717, 1.165) is 12.0 Å². The minimum atomic E-state index is -1.01. The average molecular weight is 379 g/mol. The van der Waals surface area contributed by atoms with E-state index >= 15 is 0 Å². The second-order valence-corrected chi connectivity index (χ2v) is 8.71. The smallest absolute Gasteiger partial charge is 0.335 e. The number of phenolic OH excluding ortho intramolecular Hbond substituents is 1. The molecule has 0 radical (unpaired) electrons. The van der Waals surface area contributed by atoms with E-state index in [1.54, 1.807) is 18.2 Å². The lowest BCUT2D eigenvalue weighted by Gasteiger charge is -2.60. The maximum atomic E-state index is 13.3. The molecule has 2 aromatic carbocycles. The van der Waals surface area contributed by atoms with Crippen molar-refractivity contribution in [3.8, 4) is 5.75 Å². The normalized spacial score (nSPS) is 25.1. The quantitative estimate of drug-likeness (QED) is 0.831. The number of aromatic hydroxyl groups is 1. The maximum absolute atomic E-state index is 13.3. The van der Waals surface area contributed by atoms with Gasteiger partial charge in [0.1, 0.15) is 5.75 Å². The van der Waals surface area contributed by atoms with Crippen LogP contribution in [-0.4, -0.2) is 39.6 Å². The first-order valence-electron chi connectivity index (χ1n) is 9.62. The zero-order valence-corrected chi connectivity index (χ0v) is 16.4. The van der Waals surface area contributed by atoms with Gasteiger partial charge in [0.05, 0.1) is 5.56 Å². The van der Waals surface area contributed by atoms with Crippen LogP contribution in [0.5, 0.6) is 5.75 Å². The molecule has 2 N–H and O–H groups in total. The Morgan fingerprint density at radius 3 is 2.32 bits per heavy atom. The Morgan fingerprint density at radius 1 is 1.04 bits per heavy atom. The number of carboxylic acids is 1. The first-order valence-corrected chi connectivity index (χ1v) is 9.62. The summed E-state index contributed by atoms with van der Waals surface area (Å²) in [5, 5.41) is 19.5. The molecule has 1 heterocycles. The lowest BCUT2D eigenvalue weighted by Crippen LogP contribution is -2.64. The number of carbonyl (C=O) groups is 2. The second-order valence-electron chi connectivity index (χ2n) is 8.71. The van der Waals surface area contributed by atoms with E-state index in [-0.39, 0.29) is 28.3 Å². The summed E-state index contributed by atoms with van der Waals surface area (Å²) in [5.41, 5.74) is 2.49. The molecule has 2 aromatic rings. The van der Waals surface area contributed by atoms with Gasteiger partial charge in [-0.3, -0.25) is 4.79 Å². The molecule has 1 aliphatic carbocycles. The molecular weight excluding hydrogens is 354 g/mol. The van der Waals surface area contributed by atoms with Gasteiger partial charge in [-0.1, -0.05) is 32.9 Å². The highest BCUT2D eigenvalue weighted by Crippen LogP contribution is 2.57. The Bertz CT molecular complexity index is 963. The number of likely N-dealkylation sites (tertiary alicyclic amines) is 1. The number of fused-ring (bicyclic) bond motifs is 4. The number of aromatic carboxylic acids is 1. The number of hydrogen-bond donors (Lipinski definition) is 2. The molecule has 5 nitrogen and oxygen atoms in total. The van der Waals surface area contributed by atoms with Gasteiger partial charge in [-0.2, -0.15) is 0 Å². The fourth-order valence-electron chi connectivity index (χ4n) is 5.09. The third-order valence-electron chi connectivity index (χ3n) is 7.27. The summed E-state index contributed by atoms with van der Waals surface area (Å²) in [5.74, 6) is -0.798. The van der Waals surface area contributed by atoms with Crippen molar-refractivity contribution >= 4 is 11.9 Å². The second kappa shape index (κ2) is 6.09. The topological polar surface area (TPSA) is 77.8 Å². The molecule has 2 bridgehead atoms. The summed E-state index contributed by atoms with van der Waals surface area (Å²) in [6.07, 6.45) is 1.43. The summed E-state index contributed by atoms with van der Waals surface area (Å²) in [7, 11) is 0. The van der Waals surface area contributed by atoms with Crippen LogP contribution in [0, 0.1) is 5.41 Å². The number of amides is 1. The van der Waals surface area contributed by atoms with Gasteiger partial charge < -0.3 is 15.1 Å². The van der Waals surface area contributed by atoms with Crippen molar-refractivity contribution in [1.29, 1.82) is 0 Å². The molecule has 1 fully saturated rings. The van der Waals surface area contributed by atoms with Crippen LogP contribution in [0.1, 0.15) is 59.0 Å². The van der Waals surface area contributed by atoms with Gasteiger partial charge in [-0.05, 0) is 59.7 Å². The van der Waals surface area contributed by atoms with Crippen LogP contribution in [-0.2, 0) is 11.8 Å². The van der Waals surface area contributed by atoms with Crippen molar-refractivity contribution in [1.82, 2.24) is 4.90 Å². The molecule has 1 amide bonds. The number of carbonyl (C=O) groups excluding carboxylic acids is 1. The molecule has 2 atom stereocenters. The molecule has 1 saturated heterocycles. The number of rotatable bonds is 2. The van der Waals surface area contributed by atoms with Gasteiger partial charge in [0.15, 0.2) is 0 Å². The molecular formula is C23H25NO4. The highest BCUT2D eigenvalue weighted by Gasteiger charge is 2.57. The number of hydrogen-bond acceptors (Lipinski definition) is 3. The van der Waals surface area contributed by atoms with Crippen LogP contribution in [0.15, 0.2) is 42.5 Å². The fraction of sp³-hybridized carbons (Fsp3) is 0.391. The SMILES string of the molecule is CC1(C)C2Cc3c(O)cccc3[C@]1(C)CCN2C(=O)c1ccc(C(=O)O)cc1. The molecule has 4 rings (SSSR count). The number of piperidine rings is 1. The number of nitrogens with zero attached hydrogens (tertiary/aromatic N) is 1. The van der Waals surface area contributed by atoms with E-state index < -0.39 is 5.97 Å². The third-order valence-corrected chi connectivity index (χ3v) is 7.27. The predicted molar refractivity (Wildman–Crippen MR) is 106 cm³/mol. The lowest BCUT2D eigenvalue weighted by atomic mass is 9.51.